The van der Waals surface area contributed by atoms with E-state index in [4.69, 9.17) is 17.4 Å². The number of hydrazine groups is 1. The predicted octanol–water partition coefficient (Wildman–Crippen LogP) is 3.82. The van der Waals surface area contributed by atoms with Gasteiger partial charge in [-0.05, 0) is 54.7 Å². The molecular formula is C16H19ClN2. The number of nitrogens with two attached hydrogens (primary N) is 1. The van der Waals surface area contributed by atoms with Crippen LogP contribution in [0.5, 0.6) is 0 Å². The summed E-state index contributed by atoms with van der Waals surface area (Å²) in [5.41, 5.74) is 8.79. The molecule has 0 heterocycles. The van der Waals surface area contributed by atoms with Crippen LogP contribution in [0.15, 0.2) is 36.4 Å². The average Bonchev–Trinajstić information content (AvgIpc) is 2.40. The zero-order valence-corrected chi connectivity index (χ0v) is 12.3. The summed E-state index contributed by atoms with van der Waals surface area (Å²) in [5.74, 6) is 5.78. The molecule has 0 radical (unpaired) electrons. The van der Waals surface area contributed by atoms with Gasteiger partial charge in [0.25, 0.3) is 0 Å². The standard InChI is InChI=1S/C16H19ClN2/c1-10-6-4-7-13(11(10)2)16(19-18)14-8-5-9-15(17)12(14)3/h4-9,16,19H,18H2,1-3H3. The van der Waals surface area contributed by atoms with Gasteiger partial charge in [-0.25, -0.2) is 5.43 Å². The van der Waals surface area contributed by atoms with Crippen LogP contribution in [0.4, 0.5) is 0 Å². The fourth-order valence-corrected chi connectivity index (χ4v) is 2.55. The summed E-state index contributed by atoms with van der Waals surface area (Å²) in [5, 5.41) is 0.767. The van der Waals surface area contributed by atoms with Gasteiger partial charge in [-0.15, -0.1) is 0 Å². The highest BCUT2D eigenvalue weighted by molar-refractivity contribution is 6.31. The van der Waals surface area contributed by atoms with Gasteiger partial charge in [0.1, 0.15) is 0 Å². The minimum absolute atomic E-state index is 0.0430. The van der Waals surface area contributed by atoms with E-state index in [0.717, 1.165) is 16.1 Å². The van der Waals surface area contributed by atoms with E-state index in [1.807, 2.05) is 19.1 Å². The van der Waals surface area contributed by atoms with E-state index in [9.17, 15) is 0 Å². The molecule has 0 fully saturated rings. The highest BCUT2D eigenvalue weighted by Gasteiger charge is 2.18. The zero-order chi connectivity index (χ0) is 14.0. The lowest BCUT2D eigenvalue weighted by molar-refractivity contribution is 0.630. The van der Waals surface area contributed by atoms with Crippen LogP contribution in [0.2, 0.25) is 5.02 Å². The van der Waals surface area contributed by atoms with E-state index < -0.39 is 0 Å². The number of benzene rings is 2. The van der Waals surface area contributed by atoms with Crippen LogP contribution >= 0.6 is 11.6 Å². The molecule has 3 N–H and O–H groups in total. The number of aryl methyl sites for hydroxylation is 1. The van der Waals surface area contributed by atoms with Crippen molar-refractivity contribution in [3.8, 4) is 0 Å². The van der Waals surface area contributed by atoms with Gasteiger partial charge >= 0.3 is 0 Å². The second kappa shape index (κ2) is 5.74. The van der Waals surface area contributed by atoms with Crippen molar-refractivity contribution >= 4 is 11.6 Å². The smallest absolute Gasteiger partial charge is 0.0715 e. The second-order valence-corrected chi connectivity index (χ2v) is 5.25. The van der Waals surface area contributed by atoms with E-state index in [0.29, 0.717) is 0 Å². The summed E-state index contributed by atoms with van der Waals surface area (Å²) >= 11 is 6.20. The van der Waals surface area contributed by atoms with Crippen LogP contribution in [0.3, 0.4) is 0 Å². The molecule has 1 atom stereocenters. The molecule has 3 heteroatoms. The third kappa shape index (κ3) is 2.66. The van der Waals surface area contributed by atoms with E-state index in [1.54, 1.807) is 0 Å². The Hall–Kier alpha value is -1.35. The van der Waals surface area contributed by atoms with E-state index in [2.05, 4.69) is 43.5 Å². The maximum Gasteiger partial charge on any atom is 0.0715 e. The number of hydrogen-bond donors (Lipinski definition) is 2. The maximum atomic E-state index is 6.20. The molecule has 0 bridgehead atoms. The van der Waals surface area contributed by atoms with Crippen LogP contribution in [-0.4, -0.2) is 0 Å². The van der Waals surface area contributed by atoms with Crippen molar-refractivity contribution in [2.75, 3.05) is 0 Å². The summed E-state index contributed by atoms with van der Waals surface area (Å²) in [4.78, 5) is 0. The van der Waals surface area contributed by atoms with Crippen molar-refractivity contribution in [2.24, 2.45) is 5.84 Å². The lowest BCUT2D eigenvalue weighted by Crippen LogP contribution is -2.30. The Morgan fingerprint density at radius 1 is 0.947 bits per heavy atom. The average molecular weight is 275 g/mol. The van der Waals surface area contributed by atoms with E-state index in [1.165, 1.54) is 16.7 Å². The molecule has 1 unspecified atom stereocenters. The van der Waals surface area contributed by atoms with Crippen LogP contribution in [0.1, 0.15) is 33.9 Å². The van der Waals surface area contributed by atoms with Gasteiger partial charge in [0.2, 0.25) is 0 Å². The van der Waals surface area contributed by atoms with Gasteiger partial charge in [0, 0.05) is 5.02 Å². The van der Waals surface area contributed by atoms with Crippen LogP contribution in [0, 0.1) is 20.8 Å². The molecule has 2 nitrogen and oxygen atoms in total. The normalized spacial score (nSPS) is 12.5. The molecule has 0 amide bonds. The molecule has 19 heavy (non-hydrogen) atoms. The van der Waals surface area contributed by atoms with Crippen LogP contribution in [0.25, 0.3) is 0 Å². The number of hydrogen-bond acceptors (Lipinski definition) is 2. The van der Waals surface area contributed by atoms with Gasteiger partial charge < -0.3 is 0 Å². The first-order valence-corrected chi connectivity index (χ1v) is 6.71. The Morgan fingerprint density at radius 2 is 1.53 bits per heavy atom. The second-order valence-electron chi connectivity index (χ2n) is 4.84. The first-order valence-electron chi connectivity index (χ1n) is 6.33. The predicted molar refractivity (Wildman–Crippen MR) is 81.3 cm³/mol. The molecule has 2 aromatic carbocycles. The highest BCUT2D eigenvalue weighted by Crippen LogP contribution is 2.30. The van der Waals surface area contributed by atoms with Crippen LogP contribution in [-0.2, 0) is 0 Å². The Balaban J connectivity index is 2.57. The largest absolute Gasteiger partial charge is 0.271 e. The van der Waals surface area contributed by atoms with Crippen LogP contribution < -0.4 is 11.3 Å². The molecular weight excluding hydrogens is 256 g/mol. The maximum absolute atomic E-state index is 6.20. The lowest BCUT2D eigenvalue weighted by atomic mass is 9.91. The third-order valence-corrected chi connectivity index (χ3v) is 4.15. The van der Waals surface area contributed by atoms with Gasteiger partial charge in [-0.1, -0.05) is 41.9 Å². The van der Waals surface area contributed by atoms with Gasteiger partial charge in [0.05, 0.1) is 6.04 Å². The van der Waals surface area contributed by atoms with Gasteiger partial charge in [0.15, 0.2) is 0 Å². The van der Waals surface area contributed by atoms with Crippen molar-refractivity contribution in [3.63, 3.8) is 0 Å². The van der Waals surface area contributed by atoms with Gasteiger partial charge in [-0.3, -0.25) is 5.84 Å². The monoisotopic (exact) mass is 274 g/mol. The number of halogens is 1. The molecule has 0 aliphatic rings. The molecule has 0 aromatic heterocycles. The molecule has 0 aliphatic heterocycles. The first kappa shape index (κ1) is 14.1. The van der Waals surface area contributed by atoms with Crippen molar-refractivity contribution in [1.82, 2.24) is 5.43 Å². The summed E-state index contributed by atoms with van der Waals surface area (Å²) < 4.78 is 0. The quantitative estimate of drug-likeness (QED) is 0.660. The van der Waals surface area contributed by atoms with E-state index in [-0.39, 0.29) is 6.04 Å². The minimum Gasteiger partial charge on any atom is -0.271 e. The topological polar surface area (TPSA) is 38.0 Å². The zero-order valence-electron chi connectivity index (χ0n) is 11.5. The molecule has 0 aliphatic carbocycles. The summed E-state index contributed by atoms with van der Waals surface area (Å²) in [6, 6.07) is 12.1. The SMILES string of the molecule is Cc1cccc(C(NN)c2cccc(Cl)c2C)c1C. The Labute approximate surface area is 119 Å². The molecule has 0 saturated heterocycles. The van der Waals surface area contributed by atoms with Crippen molar-refractivity contribution in [2.45, 2.75) is 26.8 Å². The summed E-state index contributed by atoms with van der Waals surface area (Å²) in [7, 11) is 0. The molecule has 100 valence electrons. The van der Waals surface area contributed by atoms with Crippen molar-refractivity contribution in [1.29, 1.82) is 0 Å². The minimum atomic E-state index is -0.0430. The molecule has 2 aromatic rings. The highest BCUT2D eigenvalue weighted by atomic mass is 35.5. The molecule has 0 saturated carbocycles. The summed E-state index contributed by atoms with van der Waals surface area (Å²) in [6.45, 7) is 6.25. The number of nitrogens with one attached hydrogen (secondary N) is 1. The van der Waals surface area contributed by atoms with Crippen molar-refractivity contribution < 1.29 is 0 Å². The molecule has 2 rings (SSSR count). The Morgan fingerprint density at radius 3 is 2.16 bits per heavy atom. The molecule has 0 spiro atoms. The Bertz CT molecular complexity index is 542. The fourth-order valence-electron chi connectivity index (χ4n) is 2.37. The van der Waals surface area contributed by atoms with Crippen molar-refractivity contribution in [3.05, 3.63) is 69.2 Å². The first-order chi connectivity index (χ1) is 9.06. The third-order valence-electron chi connectivity index (χ3n) is 3.74. The summed E-state index contributed by atoms with van der Waals surface area (Å²) in [6.07, 6.45) is 0. The lowest BCUT2D eigenvalue weighted by Gasteiger charge is -2.22. The Kier molecular flexibility index (Phi) is 4.25. The number of rotatable bonds is 3. The fraction of sp³-hybridized carbons (Fsp3) is 0.250. The van der Waals surface area contributed by atoms with E-state index >= 15 is 0 Å². The van der Waals surface area contributed by atoms with Gasteiger partial charge in [-0.2, -0.15) is 0 Å².